The molecule has 0 spiro atoms. The lowest BCUT2D eigenvalue weighted by atomic mass is 9.98. The zero-order valence-corrected chi connectivity index (χ0v) is 16.2. The first-order valence-electron chi connectivity index (χ1n) is 8.81. The number of thiazole rings is 1. The highest BCUT2D eigenvalue weighted by atomic mass is 32.1. The number of benzene rings is 1. The molecule has 0 N–H and O–H groups in total. The predicted octanol–water partition coefficient (Wildman–Crippen LogP) is 3.99. The molecule has 1 aliphatic rings. The van der Waals surface area contributed by atoms with Crippen LogP contribution in [0.4, 0.5) is 4.79 Å². The van der Waals surface area contributed by atoms with Crippen LogP contribution in [-0.4, -0.2) is 40.6 Å². The molecule has 1 atom stereocenters. The van der Waals surface area contributed by atoms with E-state index in [1.54, 1.807) is 4.90 Å². The summed E-state index contributed by atoms with van der Waals surface area (Å²) in [6.07, 6.45) is 1.11. The monoisotopic (exact) mass is 376 g/mol. The Morgan fingerprint density at radius 1 is 1.31 bits per heavy atom. The van der Waals surface area contributed by atoms with Crippen LogP contribution in [-0.2, 0) is 20.9 Å². The van der Waals surface area contributed by atoms with E-state index in [1.807, 2.05) is 45.0 Å². The van der Waals surface area contributed by atoms with Gasteiger partial charge >= 0.3 is 12.1 Å². The van der Waals surface area contributed by atoms with Gasteiger partial charge in [0.15, 0.2) is 0 Å². The molecule has 0 aliphatic carbocycles. The van der Waals surface area contributed by atoms with Crippen LogP contribution in [0.3, 0.4) is 0 Å². The van der Waals surface area contributed by atoms with Gasteiger partial charge in [0.2, 0.25) is 0 Å². The van der Waals surface area contributed by atoms with E-state index in [-0.39, 0.29) is 24.6 Å². The van der Waals surface area contributed by atoms with Crippen LogP contribution in [0.1, 0.15) is 38.6 Å². The molecule has 0 saturated carbocycles. The number of likely N-dealkylation sites (tertiary alicyclic amines) is 1. The zero-order valence-electron chi connectivity index (χ0n) is 15.4. The summed E-state index contributed by atoms with van der Waals surface area (Å²) in [6, 6.07) is 7.84. The van der Waals surface area contributed by atoms with Crippen LogP contribution in [0.5, 0.6) is 0 Å². The van der Waals surface area contributed by atoms with Gasteiger partial charge in [-0.3, -0.25) is 4.79 Å². The van der Waals surface area contributed by atoms with Crippen molar-refractivity contribution in [1.82, 2.24) is 9.88 Å². The van der Waals surface area contributed by atoms with E-state index in [4.69, 9.17) is 9.47 Å². The maximum atomic E-state index is 12.4. The van der Waals surface area contributed by atoms with Gasteiger partial charge in [-0.2, -0.15) is 0 Å². The van der Waals surface area contributed by atoms with E-state index in [9.17, 15) is 9.59 Å². The molecule has 7 heteroatoms. The van der Waals surface area contributed by atoms with Crippen LogP contribution in [0.15, 0.2) is 24.3 Å². The predicted molar refractivity (Wildman–Crippen MR) is 99.9 cm³/mol. The number of esters is 1. The minimum Gasteiger partial charge on any atom is -0.458 e. The standard InChI is InChI=1S/C19H24N2O4S/c1-19(2,3)25-18(23)21-10-6-7-13(11-21)17(22)24-12-16-20-14-8-4-5-9-15(14)26-16/h4-5,8-9,13H,6-7,10-12H2,1-3H3/t13-/m0/s1. The third-order valence-corrected chi connectivity index (χ3v) is 5.09. The third kappa shape index (κ3) is 4.72. The van der Waals surface area contributed by atoms with Crippen LogP contribution in [0.2, 0.25) is 0 Å². The fourth-order valence-corrected chi connectivity index (χ4v) is 3.77. The van der Waals surface area contributed by atoms with Crippen molar-refractivity contribution < 1.29 is 19.1 Å². The van der Waals surface area contributed by atoms with E-state index >= 15 is 0 Å². The van der Waals surface area contributed by atoms with Crippen LogP contribution in [0.25, 0.3) is 10.2 Å². The quantitative estimate of drug-likeness (QED) is 0.758. The SMILES string of the molecule is CC(C)(C)OC(=O)N1CCC[C@H](C(=O)OCc2nc3ccccc3s2)C1. The molecule has 1 amide bonds. The molecular formula is C19H24N2O4S. The van der Waals surface area contributed by atoms with Gasteiger partial charge in [-0.15, -0.1) is 11.3 Å². The van der Waals surface area contributed by atoms with Crippen molar-refractivity contribution in [1.29, 1.82) is 0 Å². The fraction of sp³-hybridized carbons (Fsp3) is 0.526. The summed E-state index contributed by atoms with van der Waals surface area (Å²) in [6.45, 7) is 6.61. The fourth-order valence-electron chi connectivity index (χ4n) is 2.89. The second kappa shape index (κ2) is 7.61. The first kappa shape index (κ1) is 18.6. The highest BCUT2D eigenvalue weighted by Gasteiger charge is 2.32. The molecule has 6 nitrogen and oxygen atoms in total. The molecule has 140 valence electrons. The molecule has 0 bridgehead atoms. The van der Waals surface area contributed by atoms with E-state index in [2.05, 4.69) is 4.98 Å². The number of nitrogens with zero attached hydrogens (tertiary/aromatic N) is 2. The third-order valence-electron chi connectivity index (χ3n) is 4.08. The Kier molecular flexibility index (Phi) is 5.46. The lowest BCUT2D eigenvalue weighted by Gasteiger charge is -2.33. The molecule has 0 radical (unpaired) electrons. The van der Waals surface area contributed by atoms with Crippen molar-refractivity contribution in [2.75, 3.05) is 13.1 Å². The molecule has 2 heterocycles. The number of carbonyl (C=O) groups excluding carboxylic acids is 2. The minimum absolute atomic E-state index is 0.168. The zero-order chi connectivity index (χ0) is 18.7. The van der Waals surface area contributed by atoms with Crippen molar-refractivity contribution in [3.8, 4) is 0 Å². The van der Waals surface area contributed by atoms with E-state index in [0.29, 0.717) is 13.1 Å². The summed E-state index contributed by atoms with van der Waals surface area (Å²) in [5.74, 6) is -0.594. The number of ether oxygens (including phenoxy) is 2. The molecule has 0 unspecified atom stereocenters. The molecule has 1 fully saturated rings. The molecular weight excluding hydrogens is 352 g/mol. The van der Waals surface area contributed by atoms with E-state index < -0.39 is 5.60 Å². The topological polar surface area (TPSA) is 68.7 Å². The van der Waals surface area contributed by atoms with Crippen molar-refractivity contribution in [2.24, 2.45) is 5.92 Å². The summed E-state index contributed by atoms with van der Waals surface area (Å²) < 4.78 is 11.9. The molecule has 1 saturated heterocycles. The number of carbonyl (C=O) groups is 2. The Morgan fingerprint density at radius 3 is 2.81 bits per heavy atom. The Balaban J connectivity index is 1.54. The van der Waals surface area contributed by atoms with Crippen molar-refractivity contribution in [3.63, 3.8) is 0 Å². The highest BCUT2D eigenvalue weighted by Crippen LogP contribution is 2.24. The second-order valence-corrected chi connectivity index (χ2v) is 8.56. The van der Waals surface area contributed by atoms with E-state index in [1.165, 1.54) is 11.3 Å². The highest BCUT2D eigenvalue weighted by molar-refractivity contribution is 7.18. The summed E-state index contributed by atoms with van der Waals surface area (Å²) in [5.41, 5.74) is 0.370. The van der Waals surface area contributed by atoms with Crippen molar-refractivity contribution in [2.45, 2.75) is 45.8 Å². The number of fused-ring (bicyclic) bond motifs is 1. The number of hydrogen-bond donors (Lipinski definition) is 0. The first-order valence-corrected chi connectivity index (χ1v) is 9.62. The number of piperidine rings is 1. The van der Waals surface area contributed by atoms with Gasteiger partial charge in [0.05, 0.1) is 16.1 Å². The lowest BCUT2D eigenvalue weighted by molar-refractivity contribution is -0.151. The second-order valence-electron chi connectivity index (χ2n) is 7.45. The summed E-state index contributed by atoms with van der Waals surface area (Å²) in [7, 11) is 0. The number of para-hydroxylation sites is 1. The molecule has 3 rings (SSSR count). The molecule has 1 aromatic heterocycles. The van der Waals surface area contributed by atoms with Gasteiger partial charge in [-0.1, -0.05) is 12.1 Å². The number of hydrogen-bond acceptors (Lipinski definition) is 6. The van der Waals surface area contributed by atoms with E-state index in [0.717, 1.165) is 28.1 Å². The minimum atomic E-state index is -0.544. The van der Waals surface area contributed by atoms with Gasteiger partial charge in [-0.25, -0.2) is 9.78 Å². The molecule has 26 heavy (non-hydrogen) atoms. The summed E-state index contributed by atoms with van der Waals surface area (Å²) >= 11 is 1.52. The smallest absolute Gasteiger partial charge is 0.410 e. The van der Waals surface area contributed by atoms with Crippen LogP contribution in [0, 0.1) is 5.92 Å². The number of rotatable bonds is 3. The van der Waals surface area contributed by atoms with Gasteiger partial charge < -0.3 is 14.4 Å². The van der Waals surface area contributed by atoms with Crippen LogP contribution < -0.4 is 0 Å². The van der Waals surface area contributed by atoms with Crippen molar-refractivity contribution >= 4 is 33.6 Å². The Hall–Kier alpha value is -2.15. The summed E-state index contributed by atoms with van der Waals surface area (Å²) in [5, 5.41) is 0.777. The Labute approximate surface area is 157 Å². The maximum Gasteiger partial charge on any atom is 0.410 e. The van der Waals surface area contributed by atoms with Gasteiger partial charge in [0, 0.05) is 13.1 Å². The molecule has 1 aromatic carbocycles. The normalized spacial score (nSPS) is 18.0. The summed E-state index contributed by atoms with van der Waals surface area (Å²) in [4.78, 5) is 30.7. The molecule has 2 aromatic rings. The maximum absolute atomic E-state index is 12.4. The Bertz CT molecular complexity index is 763. The van der Waals surface area contributed by atoms with Gasteiger partial charge in [-0.05, 0) is 45.7 Å². The Morgan fingerprint density at radius 2 is 2.08 bits per heavy atom. The van der Waals surface area contributed by atoms with Crippen LogP contribution >= 0.6 is 11.3 Å². The average Bonchev–Trinajstić information content (AvgIpc) is 3.01. The average molecular weight is 376 g/mol. The number of aromatic nitrogens is 1. The number of amides is 1. The largest absolute Gasteiger partial charge is 0.458 e. The van der Waals surface area contributed by atoms with Gasteiger partial charge in [0.1, 0.15) is 17.2 Å². The van der Waals surface area contributed by atoms with Crippen molar-refractivity contribution in [3.05, 3.63) is 29.3 Å². The van der Waals surface area contributed by atoms with Gasteiger partial charge in [0.25, 0.3) is 0 Å². The lowest BCUT2D eigenvalue weighted by Crippen LogP contribution is -2.45. The molecule has 1 aliphatic heterocycles. The first-order chi connectivity index (χ1) is 12.3.